The Labute approximate surface area is 201 Å². The molecule has 2 unspecified atom stereocenters. The molecule has 0 saturated carbocycles. The average molecular weight is 467 g/mol. The summed E-state index contributed by atoms with van der Waals surface area (Å²) in [6.45, 7) is 4.74. The third-order valence-electron chi connectivity index (χ3n) is 6.91. The highest BCUT2D eigenvalue weighted by molar-refractivity contribution is 5.71. The number of benzene rings is 3. The van der Waals surface area contributed by atoms with Gasteiger partial charge in [-0.1, -0.05) is 75.2 Å². The molecule has 0 aromatic heterocycles. The Kier molecular flexibility index (Phi) is 8.10. The van der Waals surface area contributed by atoms with Crippen molar-refractivity contribution in [1.82, 2.24) is 0 Å². The maximum atomic E-state index is 15.0. The van der Waals surface area contributed by atoms with Crippen LogP contribution in [0.1, 0.15) is 69.4 Å². The van der Waals surface area contributed by atoms with Crippen LogP contribution >= 0.6 is 0 Å². The van der Waals surface area contributed by atoms with Gasteiger partial charge in [0.2, 0.25) is 0 Å². The highest BCUT2D eigenvalue weighted by Gasteiger charge is 2.24. The second kappa shape index (κ2) is 11.2. The predicted molar refractivity (Wildman–Crippen MR) is 132 cm³/mol. The van der Waals surface area contributed by atoms with Crippen LogP contribution in [0.2, 0.25) is 0 Å². The van der Waals surface area contributed by atoms with Crippen molar-refractivity contribution in [2.24, 2.45) is 0 Å². The third-order valence-corrected chi connectivity index (χ3v) is 6.91. The lowest BCUT2D eigenvalue weighted by Gasteiger charge is -2.29. The van der Waals surface area contributed by atoms with Gasteiger partial charge in [-0.15, -0.1) is 0 Å². The maximum Gasteiger partial charge on any atom is 0.166 e. The lowest BCUT2D eigenvalue weighted by molar-refractivity contribution is -0.00172. The van der Waals surface area contributed by atoms with E-state index in [1.807, 2.05) is 31.2 Å². The minimum absolute atomic E-state index is 0.0858. The molecule has 1 aliphatic rings. The molecule has 0 spiro atoms. The molecule has 0 bridgehead atoms. The van der Waals surface area contributed by atoms with Gasteiger partial charge in [-0.05, 0) is 66.0 Å². The lowest BCUT2D eigenvalue weighted by atomic mass is 9.89. The van der Waals surface area contributed by atoms with Gasteiger partial charge in [0.25, 0.3) is 0 Å². The van der Waals surface area contributed by atoms with E-state index in [9.17, 15) is 13.2 Å². The fraction of sp³-hybridized carbons (Fsp3) is 0.400. The van der Waals surface area contributed by atoms with E-state index in [0.717, 1.165) is 49.7 Å². The second-order valence-electron chi connectivity index (χ2n) is 9.34. The van der Waals surface area contributed by atoms with Gasteiger partial charge in [0, 0.05) is 11.5 Å². The molecule has 3 aromatic rings. The molecule has 3 aromatic carbocycles. The first-order valence-corrected chi connectivity index (χ1v) is 12.5. The summed E-state index contributed by atoms with van der Waals surface area (Å²) in [5.41, 5.74) is 3.55. The fourth-order valence-electron chi connectivity index (χ4n) is 4.85. The Hall–Kier alpha value is -2.59. The maximum absolute atomic E-state index is 15.0. The summed E-state index contributed by atoms with van der Waals surface area (Å²) in [5.74, 6) is -1.71. The smallest absolute Gasteiger partial charge is 0.166 e. The molecule has 1 nitrogen and oxygen atoms in total. The predicted octanol–water partition coefficient (Wildman–Crippen LogP) is 8.84. The van der Waals surface area contributed by atoms with Crippen molar-refractivity contribution in [3.8, 4) is 22.3 Å². The molecule has 34 heavy (non-hydrogen) atoms. The Morgan fingerprint density at radius 1 is 0.794 bits per heavy atom. The first kappa shape index (κ1) is 24.5. The van der Waals surface area contributed by atoms with Crippen LogP contribution in [0.5, 0.6) is 0 Å². The van der Waals surface area contributed by atoms with Crippen LogP contribution in [-0.2, 0) is 11.2 Å². The van der Waals surface area contributed by atoms with Gasteiger partial charge < -0.3 is 4.74 Å². The van der Waals surface area contributed by atoms with E-state index in [4.69, 9.17) is 4.74 Å². The number of unbranched alkanes of at least 4 members (excludes halogenated alkanes) is 1. The largest absolute Gasteiger partial charge is 0.378 e. The molecule has 4 heteroatoms. The van der Waals surface area contributed by atoms with Crippen LogP contribution in [-0.4, -0.2) is 12.7 Å². The molecule has 0 amide bonds. The third kappa shape index (κ3) is 5.38. The average Bonchev–Trinajstić information content (AvgIpc) is 2.86. The SMILES string of the molecule is CCCCc1ccc(-c2ccc(-c3ccc(C4CCC(CCC)OC4)c(F)c3)cc2)c(F)c1F. The van der Waals surface area contributed by atoms with Gasteiger partial charge in [-0.2, -0.15) is 0 Å². The highest BCUT2D eigenvalue weighted by atomic mass is 19.2. The number of ether oxygens (including phenoxy) is 1. The van der Waals surface area contributed by atoms with E-state index in [2.05, 4.69) is 6.92 Å². The Morgan fingerprint density at radius 2 is 1.53 bits per heavy atom. The van der Waals surface area contributed by atoms with Crippen molar-refractivity contribution >= 4 is 0 Å². The Morgan fingerprint density at radius 3 is 2.18 bits per heavy atom. The summed E-state index contributed by atoms with van der Waals surface area (Å²) in [6, 6.07) is 15.8. The summed E-state index contributed by atoms with van der Waals surface area (Å²) in [7, 11) is 0. The molecule has 0 aliphatic carbocycles. The molecular formula is C30H33F3O. The van der Waals surface area contributed by atoms with E-state index in [-0.39, 0.29) is 17.3 Å². The van der Waals surface area contributed by atoms with E-state index >= 15 is 0 Å². The van der Waals surface area contributed by atoms with Gasteiger partial charge in [0.1, 0.15) is 5.82 Å². The first-order valence-electron chi connectivity index (χ1n) is 12.5. The van der Waals surface area contributed by atoms with Crippen LogP contribution in [0.4, 0.5) is 13.2 Å². The molecule has 0 N–H and O–H groups in total. The molecule has 0 radical (unpaired) electrons. The highest BCUT2D eigenvalue weighted by Crippen LogP contribution is 2.34. The summed E-state index contributed by atoms with van der Waals surface area (Å²) in [6.07, 6.45) is 6.66. The van der Waals surface area contributed by atoms with Gasteiger partial charge in [-0.25, -0.2) is 13.2 Å². The zero-order valence-electron chi connectivity index (χ0n) is 20.0. The quantitative estimate of drug-likeness (QED) is 0.322. The molecule has 180 valence electrons. The second-order valence-corrected chi connectivity index (χ2v) is 9.34. The van der Waals surface area contributed by atoms with Crippen LogP contribution < -0.4 is 0 Å². The minimum atomic E-state index is -0.812. The standard InChI is InChI=1S/C30H33F3O/c1-3-5-7-22-13-17-27(30(33)29(22)32)21-10-8-20(9-11-21)23-14-16-26(28(31)18-23)24-12-15-25(6-4-2)34-19-24/h8-11,13-14,16-18,24-25H,3-7,12,15,19H2,1-2H3. The van der Waals surface area contributed by atoms with Crippen molar-refractivity contribution in [3.63, 3.8) is 0 Å². The monoisotopic (exact) mass is 466 g/mol. The van der Waals surface area contributed by atoms with Crippen LogP contribution in [0.3, 0.4) is 0 Å². The molecule has 1 heterocycles. The molecular weight excluding hydrogens is 433 g/mol. The molecule has 1 saturated heterocycles. The summed E-state index contributed by atoms with van der Waals surface area (Å²) >= 11 is 0. The van der Waals surface area contributed by atoms with E-state index < -0.39 is 11.6 Å². The van der Waals surface area contributed by atoms with Crippen molar-refractivity contribution in [1.29, 1.82) is 0 Å². The number of halogens is 3. The molecule has 1 aliphatic heterocycles. The van der Waals surface area contributed by atoms with E-state index in [1.165, 1.54) is 0 Å². The van der Waals surface area contributed by atoms with Crippen LogP contribution in [0.15, 0.2) is 54.6 Å². The summed E-state index contributed by atoms with van der Waals surface area (Å²) in [4.78, 5) is 0. The number of hydrogen-bond donors (Lipinski definition) is 0. The fourth-order valence-corrected chi connectivity index (χ4v) is 4.85. The van der Waals surface area contributed by atoms with E-state index in [1.54, 1.807) is 30.3 Å². The normalized spacial score (nSPS) is 18.3. The van der Waals surface area contributed by atoms with Gasteiger partial charge in [-0.3, -0.25) is 0 Å². The van der Waals surface area contributed by atoms with Gasteiger partial charge in [0.15, 0.2) is 11.6 Å². The number of rotatable bonds is 8. The van der Waals surface area contributed by atoms with Crippen LogP contribution in [0, 0.1) is 17.5 Å². The van der Waals surface area contributed by atoms with Gasteiger partial charge >= 0.3 is 0 Å². The van der Waals surface area contributed by atoms with Gasteiger partial charge in [0.05, 0.1) is 12.7 Å². The van der Waals surface area contributed by atoms with E-state index in [0.29, 0.717) is 35.8 Å². The Balaban J connectivity index is 1.49. The topological polar surface area (TPSA) is 9.23 Å². The zero-order valence-corrected chi connectivity index (χ0v) is 20.0. The van der Waals surface area contributed by atoms with Crippen molar-refractivity contribution in [2.75, 3.05) is 6.61 Å². The first-order chi connectivity index (χ1) is 16.5. The molecule has 2 atom stereocenters. The number of hydrogen-bond acceptors (Lipinski definition) is 1. The lowest BCUT2D eigenvalue weighted by Crippen LogP contribution is -2.25. The Bertz CT molecular complexity index is 1100. The van der Waals surface area contributed by atoms with Crippen molar-refractivity contribution in [2.45, 2.75) is 70.8 Å². The van der Waals surface area contributed by atoms with Crippen LogP contribution in [0.25, 0.3) is 22.3 Å². The van der Waals surface area contributed by atoms with Crippen molar-refractivity contribution < 1.29 is 17.9 Å². The summed E-state index contributed by atoms with van der Waals surface area (Å²) in [5, 5.41) is 0. The molecule has 4 rings (SSSR count). The summed E-state index contributed by atoms with van der Waals surface area (Å²) < 4.78 is 50.1. The zero-order chi connectivity index (χ0) is 24.1. The molecule has 1 fully saturated rings. The van der Waals surface area contributed by atoms with Crippen molar-refractivity contribution in [3.05, 3.63) is 83.2 Å². The number of aryl methyl sites for hydroxylation is 1. The minimum Gasteiger partial charge on any atom is -0.378 e.